The number of rotatable bonds is 8. The van der Waals surface area contributed by atoms with Crippen LogP contribution in [0.3, 0.4) is 0 Å². The van der Waals surface area contributed by atoms with Crippen molar-refractivity contribution in [2.45, 2.75) is 37.3 Å². The molecule has 1 aliphatic heterocycles. The fourth-order valence-electron chi connectivity index (χ4n) is 1.81. The fourth-order valence-corrected chi connectivity index (χ4v) is 2.52. The molecule has 122 valence electrons. The number of thioether (sulfide) groups is 1. The molecule has 2 amide bonds. The highest BCUT2D eigenvalue weighted by atomic mass is 32.2. The molecular formula is C14H15N3O5S. The van der Waals surface area contributed by atoms with E-state index in [-0.39, 0.29) is 37.2 Å². The number of ketones is 1. The van der Waals surface area contributed by atoms with E-state index in [1.54, 1.807) is 18.5 Å². The number of Topliss-reactive ketones (excluding diaryl/α,β-unsaturated/α-hetero) is 1. The minimum atomic E-state index is -0.694. The van der Waals surface area contributed by atoms with Gasteiger partial charge in [0.2, 0.25) is 0 Å². The van der Waals surface area contributed by atoms with Gasteiger partial charge in [-0.2, -0.15) is 0 Å². The number of hydrogen-bond donors (Lipinski definition) is 0. The second-order valence-electron chi connectivity index (χ2n) is 4.76. The molecule has 1 aromatic rings. The standard InChI is InChI=1S/C14H15N3O5S/c18-10(9-23-14-15-7-2-8-16-14)3-1-4-13(21)22-17-11(19)5-6-12(17)20/h2,7-8H,1,3-6,9H2. The quantitative estimate of drug-likeness (QED) is 0.391. The molecule has 1 saturated heterocycles. The van der Waals surface area contributed by atoms with Crippen LogP contribution in [0, 0.1) is 0 Å². The Bertz CT molecular complexity index is 592. The maximum absolute atomic E-state index is 11.7. The molecule has 0 saturated carbocycles. The molecule has 1 aromatic heterocycles. The number of hydrogen-bond acceptors (Lipinski definition) is 8. The van der Waals surface area contributed by atoms with Gasteiger partial charge < -0.3 is 4.84 Å². The molecular weight excluding hydrogens is 322 g/mol. The highest BCUT2D eigenvalue weighted by molar-refractivity contribution is 7.99. The molecule has 2 rings (SSSR count). The Morgan fingerprint density at radius 1 is 1.13 bits per heavy atom. The van der Waals surface area contributed by atoms with E-state index in [4.69, 9.17) is 4.84 Å². The molecule has 1 aliphatic rings. The van der Waals surface area contributed by atoms with Gasteiger partial charge in [-0.1, -0.05) is 11.8 Å². The molecule has 0 bridgehead atoms. The maximum atomic E-state index is 11.7. The fraction of sp³-hybridized carbons (Fsp3) is 0.429. The minimum Gasteiger partial charge on any atom is -0.330 e. The summed E-state index contributed by atoms with van der Waals surface area (Å²) in [5.74, 6) is -1.54. The Labute approximate surface area is 136 Å². The van der Waals surface area contributed by atoms with Crippen molar-refractivity contribution in [2.24, 2.45) is 0 Å². The number of amides is 2. The van der Waals surface area contributed by atoms with E-state index in [1.165, 1.54) is 11.8 Å². The number of imide groups is 1. The van der Waals surface area contributed by atoms with Gasteiger partial charge in [-0.05, 0) is 12.5 Å². The highest BCUT2D eigenvalue weighted by Crippen LogP contribution is 2.14. The first-order valence-electron chi connectivity index (χ1n) is 7.04. The average Bonchev–Trinajstić information content (AvgIpc) is 2.86. The van der Waals surface area contributed by atoms with Crippen LogP contribution in [0.2, 0.25) is 0 Å². The van der Waals surface area contributed by atoms with Crippen molar-refractivity contribution < 1.29 is 24.0 Å². The average molecular weight is 337 g/mol. The summed E-state index contributed by atoms with van der Waals surface area (Å²) in [4.78, 5) is 58.5. The third-order valence-electron chi connectivity index (χ3n) is 2.94. The lowest BCUT2D eigenvalue weighted by Crippen LogP contribution is -2.32. The van der Waals surface area contributed by atoms with Crippen LogP contribution in [0.5, 0.6) is 0 Å². The van der Waals surface area contributed by atoms with E-state index in [0.717, 1.165) is 0 Å². The predicted octanol–water partition coefficient (Wildman–Crippen LogP) is 0.915. The third-order valence-corrected chi connectivity index (χ3v) is 3.88. The number of aromatic nitrogens is 2. The molecule has 0 radical (unpaired) electrons. The molecule has 0 N–H and O–H groups in total. The van der Waals surface area contributed by atoms with E-state index in [1.807, 2.05) is 0 Å². The van der Waals surface area contributed by atoms with Gasteiger partial charge in [0, 0.05) is 38.1 Å². The van der Waals surface area contributed by atoms with Crippen molar-refractivity contribution in [1.82, 2.24) is 15.0 Å². The molecule has 0 unspecified atom stereocenters. The summed E-state index contributed by atoms with van der Waals surface area (Å²) in [5.41, 5.74) is 0. The lowest BCUT2D eigenvalue weighted by atomic mass is 10.2. The first-order valence-corrected chi connectivity index (χ1v) is 8.03. The van der Waals surface area contributed by atoms with Gasteiger partial charge >= 0.3 is 5.97 Å². The monoisotopic (exact) mass is 337 g/mol. The summed E-state index contributed by atoms with van der Waals surface area (Å²) in [6, 6.07) is 1.69. The molecule has 2 heterocycles. The SMILES string of the molecule is O=C(CCCC(=O)ON1C(=O)CCC1=O)CSc1ncccn1. The van der Waals surface area contributed by atoms with Gasteiger partial charge in [-0.3, -0.25) is 14.4 Å². The molecule has 23 heavy (non-hydrogen) atoms. The van der Waals surface area contributed by atoms with E-state index in [9.17, 15) is 19.2 Å². The van der Waals surface area contributed by atoms with Crippen LogP contribution in [-0.4, -0.2) is 44.4 Å². The van der Waals surface area contributed by atoms with Crippen molar-refractivity contribution in [3.05, 3.63) is 18.5 Å². The van der Waals surface area contributed by atoms with Crippen molar-refractivity contribution >= 4 is 35.3 Å². The van der Waals surface area contributed by atoms with E-state index in [0.29, 0.717) is 16.6 Å². The topological polar surface area (TPSA) is 107 Å². The summed E-state index contributed by atoms with van der Waals surface area (Å²) < 4.78 is 0. The number of carbonyl (C=O) groups excluding carboxylic acids is 4. The van der Waals surface area contributed by atoms with Crippen LogP contribution in [0.15, 0.2) is 23.6 Å². The Balaban J connectivity index is 1.62. The van der Waals surface area contributed by atoms with Crippen molar-refractivity contribution in [3.63, 3.8) is 0 Å². The molecule has 8 nitrogen and oxygen atoms in total. The molecule has 9 heteroatoms. The number of carbonyl (C=O) groups is 4. The van der Waals surface area contributed by atoms with Crippen LogP contribution in [0.4, 0.5) is 0 Å². The third kappa shape index (κ3) is 5.44. The van der Waals surface area contributed by atoms with Gasteiger partial charge in [-0.25, -0.2) is 14.8 Å². The lowest BCUT2D eigenvalue weighted by molar-refractivity contribution is -0.197. The summed E-state index contributed by atoms with van der Waals surface area (Å²) >= 11 is 1.23. The molecule has 0 aliphatic carbocycles. The van der Waals surface area contributed by atoms with Crippen LogP contribution in [0.1, 0.15) is 32.1 Å². The Morgan fingerprint density at radius 3 is 2.43 bits per heavy atom. The summed E-state index contributed by atoms with van der Waals surface area (Å²) in [6.45, 7) is 0. The van der Waals surface area contributed by atoms with Crippen molar-refractivity contribution in [3.8, 4) is 0 Å². The van der Waals surface area contributed by atoms with E-state index < -0.39 is 17.8 Å². The van der Waals surface area contributed by atoms with Crippen LogP contribution < -0.4 is 0 Å². The number of hydroxylamine groups is 2. The van der Waals surface area contributed by atoms with Gasteiger partial charge in [0.15, 0.2) is 5.16 Å². The second kappa shape index (κ2) is 8.37. The van der Waals surface area contributed by atoms with Gasteiger partial charge in [-0.15, -0.1) is 5.06 Å². The largest absolute Gasteiger partial charge is 0.333 e. The number of nitrogens with zero attached hydrogens (tertiary/aromatic N) is 3. The van der Waals surface area contributed by atoms with Crippen molar-refractivity contribution in [2.75, 3.05) is 5.75 Å². The minimum absolute atomic E-state index is 0.0324. The van der Waals surface area contributed by atoms with Crippen molar-refractivity contribution in [1.29, 1.82) is 0 Å². The second-order valence-corrected chi connectivity index (χ2v) is 5.70. The highest BCUT2D eigenvalue weighted by Gasteiger charge is 2.32. The molecule has 1 fully saturated rings. The van der Waals surface area contributed by atoms with Gasteiger partial charge in [0.1, 0.15) is 5.78 Å². The predicted molar refractivity (Wildman–Crippen MR) is 78.8 cm³/mol. The summed E-state index contributed by atoms with van der Waals surface area (Å²) in [7, 11) is 0. The smallest absolute Gasteiger partial charge is 0.330 e. The van der Waals surface area contributed by atoms with E-state index >= 15 is 0 Å². The Kier molecular flexibility index (Phi) is 6.21. The first kappa shape index (κ1) is 17.1. The zero-order chi connectivity index (χ0) is 16.7. The lowest BCUT2D eigenvalue weighted by Gasteiger charge is -2.12. The maximum Gasteiger partial charge on any atom is 0.333 e. The zero-order valence-corrected chi connectivity index (χ0v) is 13.1. The summed E-state index contributed by atoms with van der Waals surface area (Å²) in [5, 5.41) is 1.03. The molecule has 0 spiro atoms. The normalized spacial score (nSPS) is 14.2. The van der Waals surface area contributed by atoms with E-state index in [2.05, 4.69) is 9.97 Å². The van der Waals surface area contributed by atoms with Crippen LogP contribution in [0.25, 0.3) is 0 Å². The van der Waals surface area contributed by atoms with Crippen LogP contribution >= 0.6 is 11.8 Å². The van der Waals surface area contributed by atoms with Gasteiger partial charge in [0.05, 0.1) is 5.75 Å². The van der Waals surface area contributed by atoms with Gasteiger partial charge in [0.25, 0.3) is 11.8 Å². The molecule has 0 aromatic carbocycles. The Morgan fingerprint density at radius 2 is 1.78 bits per heavy atom. The molecule has 0 atom stereocenters. The first-order chi connectivity index (χ1) is 11.1. The Hall–Kier alpha value is -2.29. The zero-order valence-electron chi connectivity index (χ0n) is 12.3. The van der Waals surface area contributed by atoms with Crippen LogP contribution in [-0.2, 0) is 24.0 Å². The summed E-state index contributed by atoms with van der Waals surface area (Å²) in [6.07, 6.45) is 3.77.